The highest BCUT2D eigenvalue weighted by atomic mass is 16.6. The summed E-state index contributed by atoms with van der Waals surface area (Å²) in [5.41, 5.74) is 2.09. The van der Waals surface area contributed by atoms with Gasteiger partial charge in [0.2, 0.25) is 0 Å². The SMILES string of the molecule is CC(C)(C)OC(=O)NCCC(O)C(O)c1ccc2c(c1)CCC(=O)C2. The Balaban J connectivity index is 1.87. The van der Waals surface area contributed by atoms with Crippen molar-refractivity contribution in [1.29, 1.82) is 0 Å². The molecule has 2 rings (SSSR count). The van der Waals surface area contributed by atoms with Crippen LogP contribution < -0.4 is 5.32 Å². The summed E-state index contributed by atoms with van der Waals surface area (Å²) in [5, 5.41) is 23.1. The molecule has 0 aromatic heterocycles. The highest BCUT2D eigenvalue weighted by molar-refractivity contribution is 5.83. The van der Waals surface area contributed by atoms with Gasteiger partial charge in [-0.3, -0.25) is 4.79 Å². The monoisotopic (exact) mass is 349 g/mol. The van der Waals surface area contributed by atoms with E-state index >= 15 is 0 Å². The van der Waals surface area contributed by atoms with Crippen molar-refractivity contribution in [3.05, 3.63) is 34.9 Å². The molecule has 138 valence electrons. The number of hydrogen-bond acceptors (Lipinski definition) is 5. The van der Waals surface area contributed by atoms with E-state index in [4.69, 9.17) is 4.74 Å². The average Bonchev–Trinajstić information content (AvgIpc) is 2.51. The van der Waals surface area contributed by atoms with Gasteiger partial charge in [0.1, 0.15) is 17.5 Å². The van der Waals surface area contributed by atoms with Crippen LogP contribution in [-0.4, -0.2) is 40.3 Å². The summed E-state index contributed by atoms with van der Waals surface area (Å²) in [6, 6.07) is 5.44. The minimum atomic E-state index is -1.04. The third kappa shape index (κ3) is 5.83. The van der Waals surface area contributed by atoms with E-state index in [0.717, 1.165) is 11.1 Å². The predicted molar refractivity (Wildman–Crippen MR) is 93.3 cm³/mol. The number of ketones is 1. The summed E-state index contributed by atoms with van der Waals surface area (Å²) in [6.45, 7) is 5.52. The maximum absolute atomic E-state index is 11.6. The van der Waals surface area contributed by atoms with Crippen LogP contribution in [0.1, 0.15) is 56.4 Å². The number of Topliss-reactive ketones (excluding diaryl/α,β-unsaturated/α-hetero) is 1. The van der Waals surface area contributed by atoms with Crippen LogP contribution in [0.25, 0.3) is 0 Å². The lowest BCUT2D eigenvalue weighted by Crippen LogP contribution is -2.34. The number of aliphatic hydroxyl groups excluding tert-OH is 2. The molecule has 6 heteroatoms. The maximum atomic E-state index is 11.6. The Morgan fingerprint density at radius 3 is 2.64 bits per heavy atom. The molecule has 0 saturated carbocycles. The Hall–Kier alpha value is -1.92. The number of nitrogens with one attached hydrogen (secondary N) is 1. The number of aliphatic hydroxyl groups is 2. The second kappa shape index (κ2) is 7.97. The van der Waals surface area contributed by atoms with E-state index in [9.17, 15) is 19.8 Å². The summed E-state index contributed by atoms with van der Waals surface area (Å²) >= 11 is 0. The number of fused-ring (bicyclic) bond motifs is 1. The molecule has 0 bridgehead atoms. The van der Waals surface area contributed by atoms with Gasteiger partial charge in [-0.15, -0.1) is 0 Å². The molecule has 0 fully saturated rings. The van der Waals surface area contributed by atoms with Crippen LogP contribution >= 0.6 is 0 Å². The quantitative estimate of drug-likeness (QED) is 0.756. The van der Waals surface area contributed by atoms with Gasteiger partial charge in [-0.25, -0.2) is 4.79 Å². The number of carbonyl (C=O) groups excluding carboxylic acids is 2. The second-order valence-electron chi connectivity index (χ2n) is 7.47. The second-order valence-corrected chi connectivity index (χ2v) is 7.47. The fourth-order valence-electron chi connectivity index (χ4n) is 2.83. The number of alkyl carbamates (subject to hydrolysis) is 1. The lowest BCUT2D eigenvalue weighted by atomic mass is 9.88. The Morgan fingerprint density at radius 2 is 1.96 bits per heavy atom. The molecule has 25 heavy (non-hydrogen) atoms. The van der Waals surface area contributed by atoms with E-state index in [1.165, 1.54) is 0 Å². The van der Waals surface area contributed by atoms with Crippen LogP contribution in [0.3, 0.4) is 0 Å². The molecule has 1 aliphatic carbocycles. The minimum absolute atomic E-state index is 0.201. The number of hydrogen-bond donors (Lipinski definition) is 3. The molecule has 1 aromatic carbocycles. The normalized spacial score (nSPS) is 16.8. The topological polar surface area (TPSA) is 95.9 Å². The maximum Gasteiger partial charge on any atom is 0.407 e. The van der Waals surface area contributed by atoms with Crippen molar-refractivity contribution in [3.63, 3.8) is 0 Å². The van der Waals surface area contributed by atoms with Crippen LogP contribution in [0.15, 0.2) is 18.2 Å². The molecule has 0 saturated heterocycles. The number of amides is 1. The van der Waals surface area contributed by atoms with Gasteiger partial charge in [0, 0.05) is 19.4 Å². The fraction of sp³-hybridized carbons (Fsp3) is 0.579. The van der Waals surface area contributed by atoms with Crippen LogP contribution in [0.2, 0.25) is 0 Å². The molecule has 0 heterocycles. The molecule has 1 amide bonds. The Bertz CT molecular complexity index is 635. The Morgan fingerprint density at radius 1 is 1.24 bits per heavy atom. The van der Waals surface area contributed by atoms with Gasteiger partial charge in [-0.2, -0.15) is 0 Å². The first kappa shape index (κ1) is 19.4. The minimum Gasteiger partial charge on any atom is -0.444 e. The third-order valence-corrected chi connectivity index (χ3v) is 4.11. The first-order valence-corrected chi connectivity index (χ1v) is 8.62. The van der Waals surface area contributed by atoms with Crippen molar-refractivity contribution in [2.75, 3.05) is 6.54 Å². The molecular weight excluding hydrogens is 322 g/mol. The predicted octanol–water partition coefficient (Wildman–Crippen LogP) is 2.05. The van der Waals surface area contributed by atoms with Gasteiger partial charge in [0.15, 0.2) is 0 Å². The van der Waals surface area contributed by atoms with Gasteiger partial charge in [-0.1, -0.05) is 18.2 Å². The van der Waals surface area contributed by atoms with Crippen LogP contribution in [-0.2, 0) is 22.4 Å². The molecular formula is C19H27NO5. The summed E-state index contributed by atoms with van der Waals surface area (Å²) in [6.07, 6.45) is -0.751. The largest absolute Gasteiger partial charge is 0.444 e. The zero-order valence-corrected chi connectivity index (χ0v) is 15.0. The highest BCUT2D eigenvalue weighted by Gasteiger charge is 2.22. The van der Waals surface area contributed by atoms with E-state index in [2.05, 4.69) is 5.32 Å². The van der Waals surface area contributed by atoms with Crippen molar-refractivity contribution in [2.24, 2.45) is 0 Å². The van der Waals surface area contributed by atoms with E-state index in [1.54, 1.807) is 26.8 Å². The zero-order chi connectivity index (χ0) is 18.6. The number of benzene rings is 1. The van der Waals surface area contributed by atoms with E-state index in [-0.39, 0.29) is 18.7 Å². The highest BCUT2D eigenvalue weighted by Crippen LogP contribution is 2.25. The summed E-state index contributed by atoms with van der Waals surface area (Å²) in [4.78, 5) is 23.0. The summed E-state index contributed by atoms with van der Waals surface area (Å²) < 4.78 is 5.11. The van der Waals surface area contributed by atoms with Crippen molar-refractivity contribution in [1.82, 2.24) is 5.32 Å². The van der Waals surface area contributed by atoms with Gasteiger partial charge in [0.05, 0.1) is 6.10 Å². The number of carbonyl (C=O) groups is 2. The van der Waals surface area contributed by atoms with E-state index in [1.807, 2.05) is 12.1 Å². The van der Waals surface area contributed by atoms with Gasteiger partial charge < -0.3 is 20.3 Å². The van der Waals surface area contributed by atoms with Crippen LogP contribution in [0.4, 0.5) is 4.79 Å². The molecule has 0 spiro atoms. The standard InChI is InChI=1S/C19H27NO5/c1-19(2,3)25-18(24)20-9-8-16(22)17(23)14-5-4-13-11-15(21)7-6-12(13)10-14/h4-5,10,16-17,22-23H,6-9,11H2,1-3H3,(H,20,24). The van der Waals surface area contributed by atoms with Gasteiger partial charge >= 0.3 is 6.09 Å². The molecule has 2 atom stereocenters. The van der Waals surface area contributed by atoms with Crippen molar-refractivity contribution in [2.45, 2.75) is 64.3 Å². The third-order valence-electron chi connectivity index (χ3n) is 4.11. The van der Waals surface area contributed by atoms with Crippen LogP contribution in [0, 0.1) is 0 Å². The molecule has 6 nitrogen and oxygen atoms in total. The number of rotatable bonds is 5. The van der Waals surface area contributed by atoms with Crippen molar-refractivity contribution >= 4 is 11.9 Å². The van der Waals surface area contributed by atoms with Gasteiger partial charge in [-0.05, 0) is 50.3 Å². The number of aryl methyl sites for hydroxylation is 1. The molecule has 0 radical (unpaired) electrons. The molecule has 1 aliphatic rings. The lowest BCUT2D eigenvalue weighted by molar-refractivity contribution is -0.118. The number of ether oxygens (including phenoxy) is 1. The zero-order valence-electron chi connectivity index (χ0n) is 15.0. The molecule has 1 aromatic rings. The summed E-state index contributed by atoms with van der Waals surface area (Å²) in [5.74, 6) is 0.231. The Labute approximate surface area is 148 Å². The molecule has 2 unspecified atom stereocenters. The average molecular weight is 349 g/mol. The summed E-state index contributed by atoms with van der Waals surface area (Å²) in [7, 11) is 0. The fourth-order valence-corrected chi connectivity index (χ4v) is 2.83. The smallest absolute Gasteiger partial charge is 0.407 e. The van der Waals surface area contributed by atoms with Gasteiger partial charge in [0.25, 0.3) is 0 Å². The molecule has 0 aliphatic heterocycles. The van der Waals surface area contributed by atoms with Crippen LogP contribution in [0.5, 0.6) is 0 Å². The first-order valence-electron chi connectivity index (χ1n) is 8.62. The van der Waals surface area contributed by atoms with E-state index < -0.39 is 23.9 Å². The lowest BCUT2D eigenvalue weighted by Gasteiger charge is -2.22. The Kier molecular flexibility index (Phi) is 6.19. The van der Waals surface area contributed by atoms with Crippen molar-refractivity contribution in [3.8, 4) is 0 Å². The first-order chi connectivity index (χ1) is 11.7. The van der Waals surface area contributed by atoms with E-state index in [0.29, 0.717) is 24.8 Å². The van der Waals surface area contributed by atoms with Crippen molar-refractivity contribution < 1.29 is 24.5 Å². The molecule has 3 N–H and O–H groups in total.